The molecule has 0 heterocycles. The molecule has 0 bridgehead atoms. The van der Waals surface area contributed by atoms with E-state index in [9.17, 15) is 18.0 Å². The van der Waals surface area contributed by atoms with Crippen LogP contribution in [0.2, 0.25) is 0 Å². The smallest absolute Gasteiger partial charge is 0.316 e. The van der Waals surface area contributed by atoms with Gasteiger partial charge in [-0.25, -0.2) is 8.42 Å². The van der Waals surface area contributed by atoms with Crippen molar-refractivity contribution in [2.45, 2.75) is 12.7 Å². The molecule has 0 aliphatic carbocycles. The molecule has 28 heavy (non-hydrogen) atoms. The minimum atomic E-state index is -3.36. The first kappa shape index (κ1) is 22.0. The molecule has 0 aliphatic rings. The van der Waals surface area contributed by atoms with Crippen molar-refractivity contribution in [1.82, 2.24) is 0 Å². The Kier molecular flexibility index (Phi) is 7.65. The van der Waals surface area contributed by atoms with Crippen molar-refractivity contribution in [2.24, 2.45) is 0 Å². The molecule has 0 spiro atoms. The molecule has 0 amide bonds. The second-order valence-corrected chi connectivity index (χ2v) is 9.34. The Bertz CT molecular complexity index is 922. The Hall–Kier alpha value is -2.32. The second kappa shape index (κ2) is 9.75. The molecule has 0 fully saturated rings. The van der Waals surface area contributed by atoms with Crippen LogP contribution in [0.5, 0.6) is 0 Å². The molecule has 0 radical (unpaired) electrons. The number of hydrogen-bond donors (Lipinski definition) is 0. The number of aryl methyl sites for hydroxylation is 1. The number of esters is 1. The van der Waals surface area contributed by atoms with Gasteiger partial charge in [-0.1, -0.05) is 29.8 Å². The van der Waals surface area contributed by atoms with Gasteiger partial charge in [-0.15, -0.1) is 11.8 Å². The van der Waals surface area contributed by atoms with Gasteiger partial charge in [0.25, 0.3) is 0 Å². The van der Waals surface area contributed by atoms with Gasteiger partial charge in [0, 0.05) is 18.4 Å². The van der Waals surface area contributed by atoms with Gasteiger partial charge >= 0.3 is 5.97 Å². The summed E-state index contributed by atoms with van der Waals surface area (Å²) in [5.74, 6) is 0.0714. The molecular formula is C20H23NO5S2. The van der Waals surface area contributed by atoms with Gasteiger partial charge in [0.15, 0.2) is 12.4 Å². The number of hydrogen-bond acceptors (Lipinski definition) is 6. The average Bonchev–Trinajstić information content (AvgIpc) is 2.66. The quantitative estimate of drug-likeness (QED) is 0.457. The minimum Gasteiger partial charge on any atom is -0.457 e. The van der Waals surface area contributed by atoms with Gasteiger partial charge in [0.05, 0.1) is 17.7 Å². The summed E-state index contributed by atoms with van der Waals surface area (Å²) in [6, 6.07) is 14.2. The predicted octanol–water partition coefficient (Wildman–Crippen LogP) is 3.05. The summed E-state index contributed by atoms with van der Waals surface area (Å²) >= 11 is 1.43. The third kappa shape index (κ3) is 6.69. The normalized spacial score (nSPS) is 11.1. The molecule has 0 N–H and O–H groups in total. The number of rotatable bonds is 9. The number of nitrogens with zero attached hydrogens (tertiary/aromatic N) is 1. The zero-order chi connectivity index (χ0) is 20.7. The molecule has 2 rings (SSSR count). The van der Waals surface area contributed by atoms with E-state index in [2.05, 4.69) is 0 Å². The van der Waals surface area contributed by atoms with Crippen molar-refractivity contribution in [3.63, 3.8) is 0 Å². The van der Waals surface area contributed by atoms with Gasteiger partial charge in [-0.05, 0) is 36.8 Å². The van der Waals surface area contributed by atoms with E-state index in [0.717, 1.165) is 16.1 Å². The highest BCUT2D eigenvalue weighted by molar-refractivity contribution is 7.99. The van der Waals surface area contributed by atoms with E-state index in [-0.39, 0.29) is 18.1 Å². The highest BCUT2D eigenvalue weighted by Gasteiger charge is 2.14. The summed E-state index contributed by atoms with van der Waals surface area (Å²) in [5.41, 5.74) is 3.11. The van der Waals surface area contributed by atoms with E-state index in [1.807, 2.05) is 31.2 Å². The maximum atomic E-state index is 12.1. The van der Waals surface area contributed by atoms with Crippen molar-refractivity contribution in [2.75, 3.05) is 30.0 Å². The number of ether oxygens (including phenoxy) is 1. The molecule has 8 heteroatoms. The van der Waals surface area contributed by atoms with Gasteiger partial charge in [0.1, 0.15) is 0 Å². The highest BCUT2D eigenvalue weighted by Crippen LogP contribution is 2.17. The van der Waals surface area contributed by atoms with E-state index in [0.29, 0.717) is 17.0 Å². The molecule has 0 saturated carbocycles. The highest BCUT2D eigenvalue weighted by atomic mass is 32.2. The maximum absolute atomic E-state index is 12.1. The number of thioether (sulfide) groups is 1. The van der Waals surface area contributed by atoms with Crippen LogP contribution in [0.1, 0.15) is 21.5 Å². The number of ketones is 1. The van der Waals surface area contributed by atoms with Crippen LogP contribution in [0.25, 0.3) is 0 Å². The molecule has 2 aromatic rings. The first-order valence-electron chi connectivity index (χ1n) is 8.53. The van der Waals surface area contributed by atoms with Crippen LogP contribution in [0.3, 0.4) is 0 Å². The number of carbonyl (C=O) groups excluding carboxylic acids is 2. The zero-order valence-corrected chi connectivity index (χ0v) is 17.7. The Balaban J connectivity index is 1.78. The number of anilines is 1. The van der Waals surface area contributed by atoms with Gasteiger partial charge < -0.3 is 4.74 Å². The Morgan fingerprint density at radius 2 is 1.64 bits per heavy atom. The topological polar surface area (TPSA) is 80.8 Å². The SMILES string of the molecule is Cc1ccc(CSCC(=O)OCC(=O)c2ccc(N(C)S(C)(=O)=O)cc2)cc1. The van der Waals surface area contributed by atoms with Crippen LogP contribution in [0, 0.1) is 6.92 Å². The molecular weight excluding hydrogens is 398 g/mol. The molecule has 0 aliphatic heterocycles. The van der Waals surface area contributed by atoms with Gasteiger partial charge in [-0.2, -0.15) is 0 Å². The lowest BCUT2D eigenvalue weighted by Gasteiger charge is -2.16. The van der Waals surface area contributed by atoms with Crippen LogP contribution in [0.4, 0.5) is 5.69 Å². The fourth-order valence-electron chi connectivity index (χ4n) is 2.26. The fraction of sp³-hybridized carbons (Fsp3) is 0.300. The van der Waals surface area contributed by atoms with Crippen LogP contribution in [-0.4, -0.2) is 45.8 Å². The number of carbonyl (C=O) groups is 2. The summed E-state index contributed by atoms with van der Waals surface area (Å²) in [4.78, 5) is 23.9. The maximum Gasteiger partial charge on any atom is 0.316 e. The Labute approximate surface area is 169 Å². The lowest BCUT2D eigenvalue weighted by Crippen LogP contribution is -2.24. The first-order chi connectivity index (χ1) is 13.2. The molecule has 0 atom stereocenters. The third-order valence-electron chi connectivity index (χ3n) is 4.02. The summed E-state index contributed by atoms with van der Waals surface area (Å²) in [6.45, 7) is 1.67. The average molecular weight is 422 g/mol. The van der Waals surface area contributed by atoms with Gasteiger partial charge in [0.2, 0.25) is 10.0 Å². The van der Waals surface area contributed by atoms with E-state index in [1.54, 1.807) is 0 Å². The lowest BCUT2D eigenvalue weighted by molar-refractivity contribution is -0.139. The van der Waals surface area contributed by atoms with E-state index >= 15 is 0 Å². The molecule has 0 saturated heterocycles. The van der Waals surface area contributed by atoms with Crippen molar-refractivity contribution >= 4 is 39.2 Å². The lowest BCUT2D eigenvalue weighted by atomic mass is 10.1. The number of sulfonamides is 1. The Morgan fingerprint density at radius 1 is 1.04 bits per heavy atom. The van der Waals surface area contributed by atoms with Crippen molar-refractivity contribution < 1.29 is 22.7 Å². The molecule has 6 nitrogen and oxygen atoms in total. The zero-order valence-electron chi connectivity index (χ0n) is 16.0. The summed E-state index contributed by atoms with van der Waals surface area (Å²) in [5, 5.41) is 0. The standard InChI is InChI=1S/C20H23NO5S2/c1-15-4-6-16(7-5-15)13-27-14-20(23)26-12-19(22)17-8-10-18(11-9-17)21(2)28(3,24)25/h4-11H,12-14H2,1-3H3. The molecule has 2 aromatic carbocycles. The molecule has 0 aromatic heterocycles. The second-order valence-electron chi connectivity index (χ2n) is 6.34. The van der Waals surface area contributed by atoms with Gasteiger partial charge in [-0.3, -0.25) is 13.9 Å². The number of Topliss-reactive ketones (excluding diaryl/α,β-unsaturated/α-hetero) is 1. The largest absolute Gasteiger partial charge is 0.457 e. The van der Waals surface area contributed by atoms with Crippen molar-refractivity contribution in [3.8, 4) is 0 Å². The molecule has 150 valence electrons. The predicted molar refractivity (Wildman–Crippen MR) is 112 cm³/mol. The summed E-state index contributed by atoms with van der Waals surface area (Å²) in [6.07, 6.45) is 1.10. The van der Waals surface area contributed by atoms with Crippen molar-refractivity contribution in [1.29, 1.82) is 0 Å². The van der Waals surface area contributed by atoms with Crippen LogP contribution in [0.15, 0.2) is 48.5 Å². The fourth-order valence-corrected chi connectivity index (χ4v) is 3.54. The first-order valence-corrected chi connectivity index (χ1v) is 11.5. The third-order valence-corrected chi connectivity index (χ3v) is 6.21. The Morgan fingerprint density at radius 3 is 2.21 bits per heavy atom. The van der Waals surface area contributed by atoms with E-state index in [4.69, 9.17) is 4.74 Å². The summed E-state index contributed by atoms with van der Waals surface area (Å²) in [7, 11) is -1.93. The van der Waals surface area contributed by atoms with Crippen LogP contribution < -0.4 is 4.31 Å². The minimum absolute atomic E-state index is 0.166. The van der Waals surface area contributed by atoms with Crippen LogP contribution >= 0.6 is 11.8 Å². The molecule has 0 unspecified atom stereocenters. The van der Waals surface area contributed by atoms with E-state index < -0.39 is 16.0 Å². The van der Waals surface area contributed by atoms with E-state index in [1.165, 1.54) is 48.6 Å². The summed E-state index contributed by atoms with van der Waals surface area (Å²) < 4.78 is 29.2. The monoisotopic (exact) mass is 421 g/mol. The number of benzene rings is 2. The van der Waals surface area contributed by atoms with Crippen molar-refractivity contribution in [3.05, 3.63) is 65.2 Å². The van der Waals surface area contributed by atoms with Crippen LogP contribution in [-0.2, 0) is 25.3 Å².